The second-order valence-electron chi connectivity index (χ2n) is 4.62. The first-order valence-electron chi connectivity index (χ1n) is 5.79. The number of nitrogens with zero attached hydrogens (tertiary/aromatic N) is 1. The van der Waals surface area contributed by atoms with Gasteiger partial charge in [-0.15, -0.1) is 0 Å². The first kappa shape index (κ1) is 11.9. The third-order valence-corrected chi connectivity index (χ3v) is 3.16. The first-order chi connectivity index (χ1) is 8.08. The molecule has 0 aliphatic carbocycles. The smallest absolute Gasteiger partial charge is 0.331 e. The van der Waals surface area contributed by atoms with Crippen LogP contribution in [0.15, 0.2) is 29.8 Å². The van der Waals surface area contributed by atoms with E-state index in [1.807, 2.05) is 32.2 Å². The molecule has 0 atom stereocenters. The lowest BCUT2D eigenvalue weighted by molar-refractivity contribution is -0.132. The summed E-state index contributed by atoms with van der Waals surface area (Å²) in [6.07, 6.45) is 0.620. The van der Waals surface area contributed by atoms with Crippen LogP contribution in [0.4, 0.5) is 0 Å². The molecule has 90 valence electrons. The maximum Gasteiger partial charge on any atom is 0.331 e. The summed E-state index contributed by atoms with van der Waals surface area (Å²) in [5, 5.41) is 9.25. The van der Waals surface area contributed by atoms with Crippen LogP contribution >= 0.6 is 0 Å². The third kappa shape index (κ3) is 2.56. The summed E-state index contributed by atoms with van der Waals surface area (Å²) >= 11 is 0. The van der Waals surface area contributed by atoms with E-state index in [0.29, 0.717) is 18.5 Å². The first-order valence-corrected chi connectivity index (χ1v) is 5.79. The SMILES string of the molecule is Cc1cccc(C2=C(C(=O)O)CCN(C)C2)c1. The average molecular weight is 231 g/mol. The lowest BCUT2D eigenvalue weighted by atomic mass is 9.93. The Morgan fingerprint density at radius 1 is 1.41 bits per heavy atom. The van der Waals surface area contributed by atoms with Gasteiger partial charge < -0.3 is 10.0 Å². The Balaban J connectivity index is 2.48. The van der Waals surface area contributed by atoms with Crippen molar-refractivity contribution >= 4 is 11.5 Å². The Hall–Kier alpha value is -1.61. The predicted molar refractivity (Wildman–Crippen MR) is 67.8 cm³/mol. The van der Waals surface area contributed by atoms with E-state index >= 15 is 0 Å². The fourth-order valence-corrected chi connectivity index (χ4v) is 2.23. The van der Waals surface area contributed by atoms with Crippen LogP contribution in [-0.4, -0.2) is 36.1 Å². The van der Waals surface area contributed by atoms with Gasteiger partial charge >= 0.3 is 5.97 Å². The van der Waals surface area contributed by atoms with Crippen molar-refractivity contribution in [2.45, 2.75) is 13.3 Å². The molecule has 1 aliphatic heterocycles. The van der Waals surface area contributed by atoms with Crippen molar-refractivity contribution in [3.05, 3.63) is 41.0 Å². The molecule has 1 aromatic carbocycles. The zero-order valence-electron chi connectivity index (χ0n) is 10.2. The number of carboxylic acid groups (broad SMARTS) is 1. The highest BCUT2D eigenvalue weighted by Crippen LogP contribution is 2.26. The number of hydrogen-bond acceptors (Lipinski definition) is 2. The van der Waals surface area contributed by atoms with E-state index in [4.69, 9.17) is 0 Å². The second kappa shape index (κ2) is 4.72. The van der Waals surface area contributed by atoms with E-state index in [-0.39, 0.29) is 0 Å². The lowest BCUT2D eigenvalue weighted by Gasteiger charge is -2.26. The average Bonchev–Trinajstić information content (AvgIpc) is 2.28. The molecule has 1 N–H and O–H groups in total. The molecule has 3 heteroatoms. The number of hydrogen-bond donors (Lipinski definition) is 1. The van der Waals surface area contributed by atoms with Crippen LogP contribution in [0, 0.1) is 6.92 Å². The van der Waals surface area contributed by atoms with Gasteiger partial charge in [-0.05, 0) is 31.5 Å². The van der Waals surface area contributed by atoms with Crippen LogP contribution in [0.1, 0.15) is 17.5 Å². The zero-order chi connectivity index (χ0) is 12.4. The van der Waals surface area contributed by atoms with E-state index in [2.05, 4.69) is 11.0 Å². The van der Waals surface area contributed by atoms with Gasteiger partial charge in [0.2, 0.25) is 0 Å². The number of carbonyl (C=O) groups is 1. The van der Waals surface area contributed by atoms with Gasteiger partial charge in [-0.3, -0.25) is 0 Å². The maximum atomic E-state index is 11.3. The van der Waals surface area contributed by atoms with Crippen molar-refractivity contribution in [2.75, 3.05) is 20.1 Å². The van der Waals surface area contributed by atoms with Crippen molar-refractivity contribution < 1.29 is 9.90 Å². The molecule has 0 unspecified atom stereocenters. The summed E-state index contributed by atoms with van der Waals surface area (Å²) in [5.41, 5.74) is 3.71. The van der Waals surface area contributed by atoms with Crippen LogP contribution in [-0.2, 0) is 4.79 Å². The predicted octanol–water partition coefficient (Wildman–Crippen LogP) is 2.17. The molecule has 0 amide bonds. The molecule has 1 heterocycles. The van der Waals surface area contributed by atoms with Crippen LogP contribution in [0.2, 0.25) is 0 Å². The van der Waals surface area contributed by atoms with Crippen LogP contribution in [0.5, 0.6) is 0 Å². The summed E-state index contributed by atoms with van der Waals surface area (Å²) in [6.45, 7) is 3.55. The Kier molecular flexibility index (Phi) is 3.29. The third-order valence-electron chi connectivity index (χ3n) is 3.16. The Morgan fingerprint density at radius 2 is 2.18 bits per heavy atom. The summed E-state index contributed by atoms with van der Waals surface area (Å²) in [4.78, 5) is 13.4. The quantitative estimate of drug-likeness (QED) is 0.848. The highest BCUT2D eigenvalue weighted by Gasteiger charge is 2.22. The zero-order valence-corrected chi connectivity index (χ0v) is 10.2. The van der Waals surface area contributed by atoms with Crippen molar-refractivity contribution in [3.8, 4) is 0 Å². The number of benzene rings is 1. The molecule has 0 radical (unpaired) electrons. The number of rotatable bonds is 2. The number of carboxylic acids is 1. The largest absolute Gasteiger partial charge is 0.478 e. The number of aryl methyl sites for hydroxylation is 1. The second-order valence-corrected chi connectivity index (χ2v) is 4.62. The Labute approximate surface area is 101 Å². The number of aliphatic carboxylic acids is 1. The van der Waals surface area contributed by atoms with Gasteiger partial charge in [-0.25, -0.2) is 4.79 Å². The molecule has 0 saturated carbocycles. The van der Waals surface area contributed by atoms with Gasteiger partial charge in [-0.2, -0.15) is 0 Å². The minimum atomic E-state index is -0.783. The van der Waals surface area contributed by atoms with E-state index in [9.17, 15) is 9.90 Å². The molecule has 1 aliphatic rings. The van der Waals surface area contributed by atoms with Gasteiger partial charge in [0.1, 0.15) is 0 Å². The Morgan fingerprint density at radius 3 is 2.82 bits per heavy atom. The minimum Gasteiger partial charge on any atom is -0.478 e. The Bertz CT molecular complexity index is 477. The van der Waals surface area contributed by atoms with Gasteiger partial charge in [-0.1, -0.05) is 29.8 Å². The van der Waals surface area contributed by atoms with E-state index in [1.54, 1.807) is 0 Å². The molecule has 17 heavy (non-hydrogen) atoms. The molecule has 1 aromatic rings. The highest BCUT2D eigenvalue weighted by molar-refractivity contribution is 5.97. The molecular weight excluding hydrogens is 214 g/mol. The number of likely N-dealkylation sites (N-methyl/N-ethyl adjacent to an activating group) is 1. The van der Waals surface area contributed by atoms with E-state index < -0.39 is 5.97 Å². The van der Waals surface area contributed by atoms with Crippen LogP contribution < -0.4 is 0 Å². The van der Waals surface area contributed by atoms with Crippen molar-refractivity contribution in [1.29, 1.82) is 0 Å². The van der Waals surface area contributed by atoms with Gasteiger partial charge in [0.15, 0.2) is 0 Å². The maximum absolute atomic E-state index is 11.3. The van der Waals surface area contributed by atoms with E-state index in [0.717, 1.165) is 23.2 Å². The van der Waals surface area contributed by atoms with Crippen molar-refractivity contribution in [1.82, 2.24) is 4.90 Å². The summed E-state index contributed by atoms with van der Waals surface area (Å²) < 4.78 is 0. The fourth-order valence-electron chi connectivity index (χ4n) is 2.23. The lowest BCUT2D eigenvalue weighted by Crippen LogP contribution is -2.29. The molecular formula is C14H17NO2. The fraction of sp³-hybridized carbons (Fsp3) is 0.357. The van der Waals surface area contributed by atoms with Gasteiger partial charge in [0.05, 0.1) is 0 Å². The topological polar surface area (TPSA) is 40.5 Å². The summed E-state index contributed by atoms with van der Waals surface area (Å²) in [6, 6.07) is 8.05. The van der Waals surface area contributed by atoms with E-state index in [1.165, 1.54) is 0 Å². The monoisotopic (exact) mass is 231 g/mol. The summed E-state index contributed by atoms with van der Waals surface area (Å²) in [7, 11) is 2.02. The normalized spacial score (nSPS) is 17.3. The molecule has 0 spiro atoms. The standard InChI is InChI=1S/C14H17NO2/c1-10-4-3-5-11(8-10)13-9-15(2)7-6-12(13)14(16)17/h3-5,8H,6-7,9H2,1-2H3,(H,16,17). The molecule has 0 aromatic heterocycles. The van der Waals surface area contributed by atoms with Crippen LogP contribution in [0.3, 0.4) is 0 Å². The molecule has 0 fully saturated rings. The molecule has 0 saturated heterocycles. The van der Waals surface area contributed by atoms with Gasteiger partial charge in [0.25, 0.3) is 0 Å². The molecule has 0 bridgehead atoms. The molecule has 3 nitrogen and oxygen atoms in total. The highest BCUT2D eigenvalue weighted by atomic mass is 16.4. The van der Waals surface area contributed by atoms with Crippen LogP contribution in [0.25, 0.3) is 5.57 Å². The summed E-state index contributed by atoms with van der Waals surface area (Å²) in [5.74, 6) is -0.783. The van der Waals surface area contributed by atoms with Crippen molar-refractivity contribution in [3.63, 3.8) is 0 Å². The van der Waals surface area contributed by atoms with Gasteiger partial charge in [0, 0.05) is 18.7 Å². The minimum absolute atomic E-state index is 0.564. The molecule has 2 rings (SSSR count). The van der Waals surface area contributed by atoms with Crippen molar-refractivity contribution in [2.24, 2.45) is 0 Å².